The summed E-state index contributed by atoms with van der Waals surface area (Å²) in [6, 6.07) is 1.84. The molecule has 0 radical (unpaired) electrons. The van der Waals surface area contributed by atoms with Gasteiger partial charge in [-0.1, -0.05) is 0 Å². The molecule has 8 heteroatoms. The summed E-state index contributed by atoms with van der Waals surface area (Å²) in [4.78, 5) is 1.77. The number of nitrogens with zero attached hydrogens (tertiary/aromatic N) is 1. The smallest absolute Gasteiger partial charge is 0.315 e. The van der Waals surface area contributed by atoms with Crippen LogP contribution in [0, 0.1) is 0 Å². The summed E-state index contributed by atoms with van der Waals surface area (Å²) in [6.45, 7) is 1.52. The topological polar surface area (TPSA) is 15.3 Å². The molecule has 1 fully saturated rings. The van der Waals surface area contributed by atoms with Crippen LogP contribution >= 0.6 is 0 Å². The predicted octanol–water partition coefficient (Wildman–Crippen LogP) is 3.52. The summed E-state index contributed by atoms with van der Waals surface area (Å²) in [5, 5.41) is 3.11. The van der Waals surface area contributed by atoms with E-state index in [4.69, 9.17) is 0 Å². The molecule has 0 spiro atoms. The van der Waals surface area contributed by atoms with Gasteiger partial charge in [0.05, 0.1) is 11.1 Å². The van der Waals surface area contributed by atoms with Crippen LogP contribution in [-0.4, -0.2) is 31.1 Å². The maximum absolute atomic E-state index is 12.8. The highest BCUT2D eigenvalue weighted by atomic mass is 19.4. The van der Waals surface area contributed by atoms with E-state index in [2.05, 4.69) is 5.32 Å². The number of halogens is 6. The number of rotatable bonds is 3. The standard InChI is InChI=1S/C14H16F6N2/c1-22(12-2-3-21-7-12)8-9-4-10(13(15,16)17)6-11(5-9)14(18,19)20/h4-6,12,21H,2-3,7-8H2,1H3. The zero-order chi connectivity index (χ0) is 16.5. The Balaban J connectivity index is 2.29. The molecule has 0 amide bonds. The van der Waals surface area contributed by atoms with E-state index in [1.54, 1.807) is 11.9 Å². The second-order valence-corrected chi connectivity index (χ2v) is 5.48. The van der Waals surface area contributed by atoms with Crippen LogP contribution < -0.4 is 5.32 Å². The number of hydrogen-bond acceptors (Lipinski definition) is 2. The van der Waals surface area contributed by atoms with Gasteiger partial charge < -0.3 is 5.32 Å². The van der Waals surface area contributed by atoms with Gasteiger partial charge in [0.2, 0.25) is 0 Å². The summed E-state index contributed by atoms with van der Waals surface area (Å²) in [7, 11) is 1.70. The first-order valence-electron chi connectivity index (χ1n) is 6.76. The highest BCUT2D eigenvalue weighted by Gasteiger charge is 2.37. The van der Waals surface area contributed by atoms with Crippen molar-refractivity contribution in [2.75, 3.05) is 20.1 Å². The zero-order valence-electron chi connectivity index (χ0n) is 11.9. The fourth-order valence-corrected chi connectivity index (χ4v) is 2.54. The van der Waals surface area contributed by atoms with Crippen LogP contribution in [0.4, 0.5) is 26.3 Å². The summed E-state index contributed by atoms with van der Waals surface area (Å²) >= 11 is 0. The first-order chi connectivity index (χ1) is 10.1. The van der Waals surface area contributed by atoms with Crippen LogP contribution in [0.5, 0.6) is 0 Å². The van der Waals surface area contributed by atoms with Gasteiger partial charge in [-0.05, 0) is 43.8 Å². The summed E-state index contributed by atoms with van der Waals surface area (Å²) in [6.07, 6.45) is -8.78. The zero-order valence-corrected chi connectivity index (χ0v) is 11.9. The molecule has 0 aliphatic carbocycles. The minimum atomic E-state index is -4.80. The SMILES string of the molecule is CN(Cc1cc(C(F)(F)F)cc(C(F)(F)F)c1)C1CCNC1. The van der Waals surface area contributed by atoms with E-state index < -0.39 is 23.5 Å². The van der Waals surface area contributed by atoms with Crippen molar-refractivity contribution in [2.45, 2.75) is 31.4 Å². The Labute approximate surface area is 124 Å². The van der Waals surface area contributed by atoms with Crippen molar-refractivity contribution >= 4 is 0 Å². The monoisotopic (exact) mass is 326 g/mol. The lowest BCUT2D eigenvalue weighted by molar-refractivity contribution is -0.143. The Hall–Kier alpha value is -1.28. The molecule has 1 aromatic carbocycles. The first kappa shape index (κ1) is 17.1. The van der Waals surface area contributed by atoms with Gasteiger partial charge in [-0.25, -0.2) is 0 Å². The molecule has 1 saturated heterocycles. The molecule has 1 N–H and O–H groups in total. The molecule has 2 rings (SSSR count). The highest BCUT2D eigenvalue weighted by Crippen LogP contribution is 2.36. The summed E-state index contributed by atoms with van der Waals surface area (Å²) < 4.78 is 76.7. The van der Waals surface area contributed by atoms with Crippen LogP contribution in [0.1, 0.15) is 23.1 Å². The van der Waals surface area contributed by atoms with Crippen molar-refractivity contribution in [1.82, 2.24) is 10.2 Å². The van der Waals surface area contributed by atoms with Crippen LogP contribution in [0.3, 0.4) is 0 Å². The molecule has 2 nitrogen and oxygen atoms in total. The van der Waals surface area contributed by atoms with Crippen LogP contribution in [0.25, 0.3) is 0 Å². The van der Waals surface area contributed by atoms with Gasteiger partial charge in [0, 0.05) is 19.1 Å². The van der Waals surface area contributed by atoms with Gasteiger partial charge >= 0.3 is 12.4 Å². The van der Waals surface area contributed by atoms with E-state index in [0.717, 1.165) is 25.1 Å². The average Bonchev–Trinajstić information content (AvgIpc) is 2.90. The first-order valence-corrected chi connectivity index (χ1v) is 6.76. The Kier molecular flexibility index (Phi) is 4.72. The summed E-state index contributed by atoms with van der Waals surface area (Å²) in [5.41, 5.74) is -2.53. The third kappa shape index (κ3) is 4.13. The van der Waals surface area contributed by atoms with E-state index in [9.17, 15) is 26.3 Å². The van der Waals surface area contributed by atoms with Gasteiger partial charge in [0.1, 0.15) is 0 Å². The molecule has 0 bridgehead atoms. The van der Waals surface area contributed by atoms with Crippen molar-refractivity contribution in [3.05, 3.63) is 34.9 Å². The van der Waals surface area contributed by atoms with Crippen molar-refractivity contribution in [3.8, 4) is 0 Å². The lowest BCUT2D eigenvalue weighted by Gasteiger charge is -2.24. The van der Waals surface area contributed by atoms with Crippen LogP contribution in [-0.2, 0) is 18.9 Å². The molecule has 1 aliphatic heterocycles. The molecule has 124 valence electrons. The molecular formula is C14H16F6N2. The van der Waals surface area contributed by atoms with E-state index in [-0.39, 0.29) is 24.2 Å². The largest absolute Gasteiger partial charge is 0.416 e. The second kappa shape index (κ2) is 6.08. The minimum absolute atomic E-state index is 0.0107. The highest BCUT2D eigenvalue weighted by molar-refractivity contribution is 5.33. The van der Waals surface area contributed by atoms with Crippen molar-refractivity contribution in [2.24, 2.45) is 0 Å². The van der Waals surface area contributed by atoms with Gasteiger partial charge in [-0.15, -0.1) is 0 Å². The number of benzene rings is 1. The Morgan fingerprint density at radius 2 is 1.59 bits per heavy atom. The van der Waals surface area contributed by atoms with Gasteiger partial charge in [-0.2, -0.15) is 26.3 Å². The molecular weight excluding hydrogens is 310 g/mol. The Morgan fingerprint density at radius 3 is 2.00 bits per heavy atom. The number of likely N-dealkylation sites (N-methyl/N-ethyl adjacent to an activating group) is 1. The molecule has 1 aliphatic rings. The van der Waals surface area contributed by atoms with Gasteiger partial charge in [-0.3, -0.25) is 4.90 Å². The fourth-order valence-electron chi connectivity index (χ4n) is 2.54. The van der Waals surface area contributed by atoms with Crippen LogP contribution in [0.15, 0.2) is 18.2 Å². The van der Waals surface area contributed by atoms with Crippen molar-refractivity contribution in [3.63, 3.8) is 0 Å². The average molecular weight is 326 g/mol. The van der Waals surface area contributed by atoms with Gasteiger partial charge in [0.15, 0.2) is 0 Å². The maximum Gasteiger partial charge on any atom is 0.416 e. The molecule has 0 saturated carbocycles. The molecule has 1 heterocycles. The van der Waals surface area contributed by atoms with E-state index in [1.807, 2.05) is 0 Å². The lowest BCUT2D eigenvalue weighted by Crippen LogP contribution is -2.33. The number of alkyl halides is 6. The van der Waals surface area contributed by atoms with Crippen molar-refractivity contribution in [1.29, 1.82) is 0 Å². The quantitative estimate of drug-likeness (QED) is 0.855. The molecule has 1 aromatic rings. The predicted molar refractivity (Wildman–Crippen MR) is 69.2 cm³/mol. The van der Waals surface area contributed by atoms with E-state index in [1.165, 1.54) is 0 Å². The van der Waals surface area contributed by atoms with Gasteiger partial charge in [0.25, 0.3) is 0 Å². The second-order valence-electron chi connectivity index (χ2n) is 5.48. The normalized spacial score (nSPS) is 19.9. The third-order valence-electron chi connectivity index (χ3n) is 3.74. The number of nitrogens with one attached hydrogen (secondary N) is 1. The molecule has 0 aromatic heterocycles. The minimum Gasteiger partial charge on any atom is -0.315 e. The van der Waals surface area contributed by atoms with E-state index >= 15 is 0 Å². The number of hydrogen-bond donors (Lipinski definition) is 1. The fraction of sp³-hybridized carbons (Fsp3) is 0.571. The molecule has 1 unspecified atom stereocenters. The molecule has 1 atom stereocenters. The maximum atomic E-state index is 12.8. The third-order valence-corrected chi connectivity index (χ3v) is 3.74. The molecule has 22 heavy (non-hydrogen) atoms. The van der Waals surface area contributed by atoms with Crippen LogP contribution in [0.2, 0.25) is 0 Å². The van der Waals surface area contributed by atoms with E-state index in [0.29, 0.717) is 6.54 Å². The van der Waals surface area contributed by atoms with Crippen molar-refractivity contribution < 1.29 is 26.3 Å². The Bertz CT molecular complexity index is 485. The summed E-state index contributed by atoms with van der Waals surface area (Å²) in [5.74, 6) is 0. The lowest BCUT2D eigenvalue weighted by atomic mass is 10.0. The Morgan fingerprint density at radius 1 is 1.05 bits per heavy atom.